The molecule has 1 saturated carbocycles. The zero-order chi connectivity index (χ0) is 26.8. The summed E-state index contributed by atoms with van der Waals surface area (Å²) in [6, 6.07) is 15.1. The number of benzene rings is 2. The Labute approximate surface area is 217 Å². The number of ether oxygens (including phenoxy) is 2. The number of nitrogens with zero attached hydrogens (tertiary/aromatic N) is 2. The first kappa shape index (κ1) is 25.8. The summed E-state index contributed by atoms with van der Waals surface area (Å²) in [5.74, 6) is -1.15. The lowest BCUT2D eigenvalue weighted by Crippen LogP contribution is -2.52. The maximum absolute atomic E-state index is 13.4. The van der Waals surface area contributed by atoms with Gasteiger partial charge in [0.25, 0.3) is 0 Å². The third kappa shape index (κ3) is 3.71. The van der Waals surface area contributed by atoms with Gasteiger partial charge in [-0.05, 0) is 37.4 Å². The molecule has 2 heterocycles. The van der Waals surface area contributed by atoms with Crippen LogP contribution in [0.4, 0.5) is 13.2 Å². The van der Waals surface area contributed by atoms with E-state index < -0.39 is 40.9 Å². The van der Waals surface area contributed by atoms with Crippen LogP contribution in [-0.2, 0) is 17.4 Å². The minimum absolute atomic E-state index is 0.0323. The molecule has 0 saturated heterocycles. The number of fused-ring (bicyclic) bond motifs is 3. The standard InChI is InChI=1S/C27H26ClF3N2O4/c1-33(2)14-18-21(15-7-5-4-6-8-15)26(16-9-11-17(12-10-16)27(29,30)31)25(35,23(18)34)22-19(37-26)13-20(28)32-24(22)36-3/h4-13,18,21,23,34-35H,14H2,1-3H3. The molecule has 5 rings (SSSR count). The highest BCUT2D eigenvalue weighted by Gasteiger charge is 2.77. The van der Waals surface area contributed by atoms with Crippen LogP contribution in [0.15, 0.2) is 60.7 Å². The molecule has 1 aliphatic carbocycles. The second-order valence-corrected chi connectivity index (χ2v) is 10.2. The van der Waals surface area contributed by atoms with E-state index in [0.717, 1.165) is 17.7 Å². The van der Waals surface area contributed by atoms with Crippen molar-refractivity contribution in [3.05, 3.63) is 88.1 Å². The summed E-state index contributed by atoms with van der Waals surface area (Å²) in [7, 11) is 5.04. The quantitative estimate of drug-likeness (QED) is 0.467. The molecule has 1 fully saturated rings. The van der Waals surface area contributed by atoms with Crippen LogP contribution in [0.2, 0.25) is 5.15 Å². The normalized spacial score (nSPS) is 28.6. The first-order valence-corrected chi connectivity index (χ1v) is 12.0. The van der Waals surface area contributed by atoms with Crippen molar-refractivity contribution in [1.29, 1.82) is 0 Å². The molecule has 37 heavy (non-hydrogen) atoms. The number of pyridine rings is 1. The summed E-state index contributed by atoms with van der Waals surface area (Å²) >= 11 is 6.21. The third-order valence-corrected chi connectivity index (χ3v) is 7.60. The van der Waals surface area contributed by atoms with E-state index in [1.54, 1.807) is 0 Å². The molecule has 5 unspecified atom stereocenters. The molecular formula is C27H26ClF3N2O4. The second-order valence-electron chi connectivity index (χ2n) is 9.77. The molecular weight excluding hydrogens is 509 g/mol. The summed E-state index contributed by atoms with van der Waals surface area (Å²) < 4.78 is 52.4. The molecule has 6 nitrogen and oxygen atoms in total. The van der Waals surface area contributed by atoms with Crippen molar-refractivity contribution in [3.8, 4) is 11.6 Å². The van der Waals surface area contributed by atoms with E-state index in [4.69, 9.17) is 21.1 Å². The van der Waals surface area contributed by atoms with Crippen LogP contribution in [0, 0.1) is 5.92 Å². The highest BCUT2D eigenvalue weighted by molar-refractivity contribution is 6.29. The monoisotopic (exact) mass is 534 g/mol. The largest absolute Gasteiger partial charge is 0.481 e. The van der Waals surface area contributed by atoms with Gasteiger partial charge < -0.3 is 24.6 Å². The summed E-state index contributed by atoms with van der Waals surface area (Å²) in [6.45, 7) is 0.355. The predicted octanol–water partition coefficient (Wildman–Crippen LogP) is 4.57. The molecule has 5 atom stereocenters. The van der Waals surface area contributed by atoms with Crippen LogP contribution in [0.1, 0.15) is 28.2 Å². The van der Waals surface area contributed by atoms with Gasteiger partial charge in [-0.15, -0.1) is 0 Å². The number of alkyl halides is 3. The van der Waals surface area contributed by atoms with Gasteiger partial charge in [0.1, 0.15) is 10.9 Å². The van der Waals surface area contributed by atoms with Crippen molar-refractivity contribution in [1.82, 2.24) is 9.88 Å². The number of methoxy groups -OCH3 is 1. The molecule has 1 aliphatic heterocycles. The summed E-state index contributed by atoms with van der Waals surface area (Å²) in [6.07, 6.45) is -5.95. The van der Waals surface area contributed by atoms with Crippen LogP contribution >= 0.6 is 11.6 Å². The Morgan fingerprint density at radius 2 is 1.76 bits per heavy atom. The van der Waals surface area contributed by atoms with Crippen LogP contribution in [0.3, 0.4) is 0 Å². The van der Waals surface area contributed by atoms with Gasteiger partial charge in [-0.3, -0.25) is 0 Å². The zero-order valence-electron chi connectivity index (χ0n) is 20.3. The number of rotatable bonds is 5. The number of aliphatic hydroxyl groups excluding tert-OH is 1. The van der Waals surface area contributed by atoms with Gasteiger partial charge in [-0.25, -0.2) is 4.98 Å². The Morgan fingerprint density at radius 1 is 1.11 bits per heavy atom. The van der Waals surface area contributed by atoms with E-state index in [0.29, 0.717) is 6.54 Å². The minimum atomic E-state index is -4.55. The van der Waals surface area contributed by atoms with Crippen LogP contribution < -0.4 is 9.47 Å². The molecule has 0 amide bonds. The lowest BCUT2D eigenvalue weighted by atomic mass is 9.70. The van der Waals surface area contributed by atoms with Crippen LogP contribution in [-0.4, -0.2) is 54.0 Å². The fourth-order valence-electron chi connectivity index (χ4n) is 6.08. The smallest absolute Gasteiger partial charge is 0.416 e. The van der Waals surface area contributed by atoms with Crippen molar-refractivity contribution >= 4 is 11.6 Å². The Kier molecular flexibility index (Phi) is 6.18. The first-order chi connectivity index (χ1) is 17.4. The number of hydrogen-bond acceptors (Lipinski definition) is 6. The average Bonchev–Trinajstić information content (AvgIpc) is 3.21. The highest BCUT2D eigenvalue weighted by Crippen LogP contribution is 2.69. The molecule has 0 spiro atoms. The fraction of sp³-hybridized carbons (Fsp3) is 0.370. The van der Waals surface area contributed by atoms with Gasteiger partial charge >= 0.3 is 6.18 Å². The number of aromatic nitrogens is 1. The van der Waals surface area contributed by atoms with E-state index in [9.17, 15) is 23.4 Å². The maximum Gasteiger partial charge on any atom is 0.416 e. The lowest BCUT2D eigenvalue weighted by molar-refractivity contribution is -0.152. The van der Waals surface area contributed by atoms with E-state index in [-0.39, 0.29) is 27.9 Å². The Bertz CT molecular complexity index is 1310. The summed E-state index contributed by atoms with van der Waals surface area (Å²) in [5, 5.41) is 24.6. The van der Waals surface area contributed by atoms with Crippen LogP contribution in [0.25, 0.3) is 0 Å². The SMILES string of the molecule is COc1nc(Cl)cc2c1C1(O)C(O)C(CN(C)C)C(c3ccccc3)C1(c1ccc(C(F)(F)F)cc1)O2. The van der Waals surface area contributed by atoms with Gasteiger partial charge in [0.2, 0.25) is 5.88 Å². The van der Waals surface area contributed by atoms with Gasteiger partial charge in [-0.2, -0.15) is 13.2 Å². The lowest BCUT2D eigenvalue weighted by Gasteiger charge is -2.41. The Morgan fingerprint density at radius 3 is 2.32 bits per heavy atom. The molecule has 0 bridgehead atoms. The fourth-order valence-corrected chi connectivity index (χ4v) is 6.26. The topological polar surface area (TPSA) is 75.0 Å². The second kappa shape index (κ2) is 8.87. The molecule has 3 aromatic rings. The van der Waals surface area contributed by atoms with Gasteiger partial charge in [0.15, 0.2) is 11.2 Å². The summed E-state index contributed by atoms with van der Waals surface area (Å²) in [5.41, 5.74) is -3.57. The molecule has 1 aromatic heterocycles. The van der Waals surface area contributed by atoms with E-state index in [1.165, 1.54) is 25.3 Å². The third-order valence-electron chi connectivity index (χ3n) is 7.41. The number of hydrogen-bond donors (Lipinski definition) is 2. The molecule has 0 radical (unpaired) electrons. The van der Waals surface area contributed by atoms with Crippen molar-refractivity contribution in [2.75, 3.05) is 27.7 Å². The first-order valence-electron chi connectivity index (χ1n) is 11.7. The average molecular weight is 535 g/mol. The highest BCUT2D eigenvalue weighted by atomic mass is 35.5. The van der Waals surface area contributed by atoms with Gasteiger partial charge in [-0.1, -0.05) is 54.1 Å². The van der Waals surface area contributed by atoms with E-state index >= 15 is 0 Å². The molecule has 2 aromatic carbocycles. The maximum atomic E-state index is 13.4. The minimum Gasteiger partial charge on any atom is -0.481 e. The predicted molar refractivity (Wildman–Crippen MR) is 131 cm³/mol. The van der Waals surface area contributed by atoms with E-state index in [1.807, 2.05) is 49.3 Å². The van der Waals surface area contributed by atoms with Crippen molar-refractivity contribution < 1.29 is 32.9 Å². The van der Waals surface area contributed by atoms with Crippen molar-refractivity contribution in [2.24, 2.45) is 5.92 Å². The summed E-state index contributed by atoms with van der Waals surface area (Å²) in [4.78, 5) is 6.07. The van der Waals surface area contributed by atoms with E-state index in [2.05, 4.69) is 4.98 Å². The number of halogens is 4. The Hall–Kier alpha value is -2.85. The Balaban J connectivity index is 1.84. The van der Waals surface area contributed by atoms with Gasteiger partial charge in [0.05, 0.1) is 24.3 Å². The zero-order valence-corrected chi connectivity index (χ0v) is 21.1. The molecule has 2 N–H and O–H groups in total. The van der Waals surface area contributed by atoms with Crippen molar-refractivity contribution in [3.63, 3.8) is 0 Å². The molecule has 196 valence electrons. The molecule has 2 aliphatic rings. The number of aliphatic hydroxyl groups is 2. The van der Waals surface area contributed by atoms with Crippen molar-refractivity contribution in [2.45, 2.75) is 29.4 Å². The van der Waals surface area contributed by atoms with Gasteiger partial charge in [0, 0.05) is 24.4 Å². The molecule has 10 heteroatoms. The van der Waals surface area contributed by atoms with Crippen LogP contribution in [0.5, 0.6) is 11.6 Å².